The minimum atomic E-state index is -0.0534. The van der Waals surface area contributed by atoms with E-state index in [-0.39, 0.29) is 5.38 Å². The minimum absolute atomic E-state index is 0.0534. The molecule has 3 heteroatoms. The van der Waals surface area contributed by atoms with Crippen molar-refractivity contribution < 1.29 is 4.42 Å². The average Bonchev–Trinajstić information content (AvgIpc) is 2.75. The van der Waals surface area contributed by atoms with Crippen LogP contribution in [-0.2, 0) is 6.42 Å². The van der Waals surface area contributed by atoms with Gasteiger partial charge < -0.3 is 4.42 Å². The van der Waals surface area contributed by atoms with Crippen molar-refractivity contribution >= 4 is 22.9 Å². The summed E-state index contributed by atoms with van der Waals surface area (Å²) in [5.41, 5.74) is 0. The van der Waals surface area contributed by atoms with Gasteiger partial charge in [-0.25, -0.2) is 0 Å². The van der Waals surface area contributed by atoms with Crippen molar-refractivity contribution in [3.8, 4) is 0 Å². The molecule has 0 aromatic carbocycles. The van der Waals surface area contributed by atoms with Gasteiger partial charge in [-0.2, -0.15) is 0 Å². The number of hydrogen-bond acceptors (Lipinski definition) is 2. The van der Waals surface area contributed by atoms with Gasteiger partial charge in [0, 0.05) is 11.3 Å². The third-order valence-corrected chi connectivity index (χ3v) is 3.30. The molecule has 0 saturated carbocycles. The van der Waals surface area contributed by atoms with Crippen LogP contribution in [-0.4, -0.2) is 0 Å². The van der Waals surface area contributed by atoms with E-state index in [0.29, 0.717) is 0 Å². The molecule has 0 aliphatic carbocycles. The fourth-order valence-corrected chi connectivity index (χ4v) is 2.45. The molecule has 2 aromatic heterocycles. The maximum atomic E-state index is 6.22. The van der Waals surface area contributed by atoms with Crippen LogP contribution in [0.3, 0.4) is 0 Å². The van der Waals surface area contributed by atoms with Crippen molar-refractivity contribution in [2.45, 2.75) is 18.7 Å². The second kappa shape index (κ2) is 4.20. The highest BCUT2D eigenvalue weighted by molar-refractivity contribution is 7.09. The molecule has 2 rings (SSSR count). The molecule has 1 unspecified atom stereocenters. The van der Waals surface area contributed by atoms with Crippen LogP contribution in [0.1, 0.15) is 21.8 Å². The van der Waals surface area contributed by atoms with Crippen molar-refractivity contribution in [2.24, 2.45) is 0 Å². The van der Waals surface area contributed by atoms with Gasteiger partial charge in [-0.3, -0.25) is 0 Å². The predicted molar refractivity (Wildman–Crippen MR) is 60.1 cm³/mol. The normalized spacial score (nSPS) is 13.0. The Morgan fingerprint density at radius 3 is 2.86 bits per heavy atom. The van der Waals surface area contributed by atoms with Crippen LogP contribution in [0.15, 0.2) is 34.1 Å². The summed E-state index contributed by atoms with van der Waals surface area (Å²) in [5, 5.41) is 2.01. The number of furan rings is 1. The molecule has 1 atom stereocenters. The zero-order valence-electron chi connectivity index (χ0n) is 7.87. The molecule has 0 aliphatic rings. The summed E-state index contributed by atoms with van der Waals surface area (Å²) in [5.74, 6) is 1.77. The van der Waals surface area contributed by atoms with E-state index in [1.807, 2.05) is 25.1 Å². The van der Waals surface area contributed by atoms with Gasteiger partial charge in [-0.05, 0) is 30.5 Å². The first-order valence-electron chi connectivity index (χ1n) is 4.48. The van der Waals surface area contributed by atoms with Gasteiger partial charge in [0.2, 0.25) is 0 Å². The minimum Gasteiger partial charge on any atom is -0.465 e. The van der Waals surface area contributed by atoms with Crippen LogP contribution in [0.4, 0.5) is 0 Å². The van der Waals surface area contributed by atoms with E-state index in [2.05, 4.69) is 11.4 Å². The van der Waals surface area contributed by atoms with Crippen LogP contribution in [0.5, 0.6) is 0 Å². The molecular weight excluding hydrogens is 216 g/mol. The molecule has 1 nitrogen and oxygen atoms in total. The summed E-state index contributed by atoms with van der Waals surface area (Å²) in [6, 6.07) is 8.02. The Labute approximate surface area is 92.3 Å². The highest BCUT2D eigenvalue weighted by atomic mass is 35.5. The SMILES string of the molecule is Cc1ccc(C(Cl)Cc2cccs2)o1. The number of halogens is 1. The summed E-state index contributed by atoms with van der Waals surface area (Å²) in [6.45, 7) is 1.93. The van der Waals surface area contributed by atoms with E-state index in [4.69, 9.17) is 16.0 Å². The molecule has 14 heavy (non-hydrogen) atoms. The van der Waals surface area contributed by atoms with E-state index < -0.39 is 0 Å². The molecule has 2 aromatic rings. The van der Waals surface area contributed by atoms with Crippen LogP contribution in [0.2, 0.25) is 0 Å². The number of thiophene rings is 1. The summed E-state index contributed by atoms with van der Waals surface area (Å²) in [6.07, 6.45) is 0.839. The molecule has 2 heterocycles. The second-order valence-electron chi connectivity index (χ2n) is 3.20. The van der Waals surface area contributed by atoms with E-state index in [1.54, 1.807) is 11.3 Å². The van der Waals surface area contributed by atoms with Gasteiger partial charge >= 0.3 is 0 Å². The van der Waals surface area contributed by atoms with Crippen LogP contribution < -0.4 is 0 Å². The third-order valence-electron chi connectivity index (χ3n) is 2.03. The molecule has 0 aliphatic heterocycles. The molecule has 0 radical (unpaired) electrons. The van der Waals surface area contributed by atoms with Gasteiger partial charge in [0.25, 0.3) is 0 Å². The average molecular weight is 227 g/mol. The first-order valence-corrected chi connectivity index (χ1v) is 5.80. The number of hydrogen-bond donors (Lipinski definition) is 0. The van der Waals surface area contributed by atoms with Crippen molar-refractivity contribution in [1.82, 2.24) is 0 Å². The first-order chi connectivity index (χ1) is 6.75. The number of alkyl halides is 1. The zero-order chi connectivity index (χ0) is 9.97. The fourth-order valence-electron chi connectivity index (χ4n) is 1.33. The van der Waals surface area contributed by atoms with Gasteiger partial charge in [0.05, 0.1) is 5.38 Å². The van der Waals surface area contributed by atoms with Gasteiger partial charge in [-0.1, -0.05) is 6.07 Å². The Hall–Kier alpha value is -0.730. The highest BCUT2D eigenvalue weighted by Gasteiger charge is 2.12. The Morgan fingerprint density at radius 2 is 2.29 bits per heavy atom. The molecule has 0 fully saturated rings. The van der Waals surface area contributed by atoms with Gasteiger partial charge in [0.1, 0.15) is 11.5 Å². The van der Waals surface area contributed by atoms with E-state index in [1.165, 1.54) is 4.88 Å². The topological polar surface area (TPSA) is 13.1 Å². The lowest BCUT2D eigenvalue weighted by molar-refractivity contribution is 0.477. The van der Waals surface area contributed by atoms with E-state index in [9.17, 15) is 0 Å². The number of aryl methyl sites for hydroxylation is 1. The lowest BCUT2D eigenvalue weighted by atomic mass is 10.2. The van der Waals surface area contributed by atoms with Crippen LogP contribution >= 0.6 is 22.9 Å². The molecule has 0 bridgehead atoms. The smallest absolute Gasteiger partial charge is 0.122 e. The second-order valence-corrected chi connectivity index (χ2v) is 4.76. The van der Waals surface area contributed by atoms with Crippen LogP contribution in [0.25, 0.3) is 0 Å². The van der Waals surface area contributed by atoms with Crippen molar-refractivity contribution in [3.05, 3.63) is 46.0 Å². The monoisotopic (exact) mass is 226 g/mol. The Morgan fingerprint density at radius 1 is 1.43 bits per heavy atom. The van der Waals surface area contributed by atoms with Crippen LogP contribution in [0, 0.1) is 6.92 Å². The first kappa shape index (κ1) is 9.81. The quantitative estimate of drug-likeness (QED) is 0.716. The standard InChI is InChI=1S/C11H11ClOS/c1-8-4-5-11(13-8)10(12)7-9-3-2-6-14-9/h2-6,10H,7H2,1H3. The third kappa shape index (κ3) is 2.20. The molecule has 0 saturated heterocycles. The summed E-state index contributed by atoms with van der Waals surface area (Å²) in [4.78, 5) is 1.29. The Bertz CT molecular complexity index is 391. The molecule has 0 N–H and O–H groups in total. The molecule has 0 spiro atoms. The van der Waals surface area contributed by atoms with Crippen molar-refractivity contribution in [2.75, 3.05) is 0 Å². The zero-order valence-corrected chi connectivity index (χ0v) is 9.44. The Kier molecular flexibility index (Phi) is 2.94. The lowest BCUT2D eigenvalue weighted by Crippen LogP contribution is -1.91. The maximum absolute atomic E-state index is 6.22. The summed E-state index contributed by atoms with van der Waals surface area (Å²) in [7, 11) is 0. The molecule has 74 valence electrons. The maximum Gasteiger partial charge on any atom is 0.122 e. The predicted octanol–water partition coefficient (Wildman–Crippen LogP) is 4.17. The molecular formula is C11H11ClOS. The molecule has 0 amide bonds. The lowest BCUT2D eigenvalue weighted by Gasteiger charge is -2.03. The van der Waals surface area contributed by atoms with E-state index in [0.717, 1.165) is 17.9 Å². The highest BCUT2D eigenvalue weighted by Crippen LogP contribution is 2.27. The largest absolute Gasteiger partial charge is 0.465 e. The van der Waals surface area contributed by atoms with Crippen molar-refractivity contribution in [1.29, 1.82) is 0 Å². The van der Waals surface area contributed by atoms with Crippen molar-refractivity contribution in [3.63, 3.8) is 0 Å². The summed E-state index contributed by atoms with van der Waals surface area (Å²) >= 11 is 7.95. The number of rotatable bonds is 3. The van der Waals surface area contributed by atoms with Gasteiger partial charge in [-0.15, -0.1) is 22.9 Å². The summed E-state index contributed by atoms with van der Waals surface area (Å²) < 4.78 is 5.47. The fraction of sp³-hybridized carbons (Fsp3) is 0.273. The Balaban J connectivity index is 2.06. The van der Waals surface area contributed by atoms with Gasteiger partial charge in [0.15, 0.2) is 0 Å². The van der Waals surface area contributed by atoms with E-state index >= 15 is 0 Å².